The van der Waals surface area contributed by atoms with Crippen LogP contribution in [0.1, 0.15) is 227 Å². The zero-order valence-electron chi connectivity index (χ0n) is 35.1. The normalized spacial score (nSPS) is 11.9. The number of esters is 2. The van der Waals surface area contributed by atoms with Crippen LogP contribution in [0.4, 0.5) is 0 Å². The molecule has 0 aromatic heterocycles. The zero-order chi connectivity index (χ0) is 37.7. The molecule has 0 rings (SSSR count). The van der Waals surface area contributed by atoms with E-state index in [0.29, 0.717) is 32.0 Å². The van der Waals surface area contributed by atoms with Crippen molar-refractivity contribution in [3.63, 3.8) is 0 Å². The minimum absolute atomic E-state index is 0.00571. The van der Waals surface area contributed by atoms with Crippen molar-refractivity contribution >= 4 is 11.9 Å². The molecular weight excluding hydrogens is 634 g/mol. The van der Waals surface area contributed by atoms with E-state index < -0.39 is 0 Å². The van der Waals surface area contributed by atoms with Crippen molar-refractivity contribution in [2.75, 3.05) is 39.5 Å². The highest BCUT2D eigenvalue weighted by atomic mass is 16.5. The summed E-state index contributed by atoms with van der Waals surface area (Å²) in [6.45, 7) is 15.5. The van der Waals surface area contributed by atoms with Crippen LogP contribution in [0.5, 0.6) is 0 Å². The molecule has 0 saturated heterocycles. The molecule has 0 atom stereocenters. The molecule has 0 aliphatic rings. The third-order valence-electron chi connectivity index (χ3n) is 10.8. The molecule has 0 unspecified atom stereocenters. The van der Waals surface area contributed by atoms with Gasteiger partial charge in [-0.3, -0.25) is 9.59 Å². The molecule has 6 heteroatoms. The highest BCUT2D eigenvalue weighted by molar-refractivity contribution is 5.69. The Kier molecular flexibility index (Phi) is 36.4. The van der Waals surface area contributed by atoms with Crippen molar-refractivity contribution in [3.8, 4) is 0 Å². The maximum atomic E-state index is 12.5. The molecule has 304 valence electrons. The molecule has 0 bridgehead atoms. The van der Waals surface area contributed by atoms with E-state index >= 15 is 0 Å². The fourth-order valence-electron chi connectivity index (χ4n) is 7.22. The molecule has 0 spiro atoms. The lowest BCUT2D eigenvalue weighted by Crippen LogP contribution is -2.30. The first-order valence-electron chi connectivity index (χ1n) is 22.4. The van der Waals surface area contributed by atoms with Gasteiger partial charge in [-0.2, -0.15) is 0 Å². The van der Waals surface area contributed by atoms with Gasteiger partial charge < -0.3 is 19.5 Å². The summed E-state index contributed by atoms with van der Waals surface area (Å²) in [5.41, 5.74) is 0.223. The van der Waals surface area contributed by atoms with E-state index in [9.17, 15) is 14.7 Å². The highest BCUT2D eigenvalue weighted by Crippen LogP contribution is 2.28. The number of hydrogen-bond donors (Lipinski definition) is 1. The number of carbonyl (C=O) groups is 2. The minimum atomic E-state index is -0.0330. The van der Waals surface area contributed by atoms with Gasteiger partial charge in [-0.05, 0) is 82.2 Å². The van der Waals surface area contributed by atoms with Gasteiger partial charge in [0.1, 0.15) is 0 Å². The summed E-state index contributed by atoms with van der Waals surface area (Å²) in [7, 11) is 0. The Morgan fingerprint density at radius 3 is 1.49 bits per heavy atom. The monoisotopic (exact) mass is 724 g/mol. The van der Waals surface area contributed by atoms with Crippen molar-refractivity contribution in [1.29, 1.82) is 0 Å². The lowest BCUT2D eigenvalue weighted by Gasteiger charge is -2.27. The van der Waals surface area contributed by atoms with Gasteiger partial charge in [0.15, 0.2) is 0 Å². The molecule has 0 aromatic carbocycles. The van der Waals surface area contributed by atoms with Gasteiger partial charge in [-0.15, -0.1) is 0 Å². The third kappa shape index (κ3) is 35.6. The molecule has 0 aromatic rings. The zero-order valence-corrected chi connectivity index (χ0v) is 35.1. The summed E-state index contributed by atoms with van der Waals surface area (Å²) >= 11 is 0. The number of aliphatic hydroxyl groups excluding tert-OH is 1. The van der Waals surface area contributed by atoms with Crippen LogP contribution in [0.2, 0.25) is 0 Å². The maximum absolute atomic E-state index is 12.5. The minimum Gasteiger partial charge on any atom is -0.466 e. The van der Waals surface area contributed by atoms with E-state index in [1.54, 1.807) is 0 Å². The van der Waals surface area contributed by atoms with Crippen LogP contribution in [0.3, 0.4) is 0 Å². The fraction of sp³-hybridized carbons (Fsp3) is 0.956. The average Bonchev–Trinajstić information content (AvgIpc) is 3.11. The quantitative estimate of drug-likeness (QED) is 0.0501. The number of ether oxygens (including phenoxy) is 2. The maximum Gasteiger partial charge on any atom is 0.305 e. The van der Waals surface area contributed by atoms with E-state index in [1.165, 1.54) is 109 Å². The van der Waals surface area contributed by atoms with Crippen molar-refractivity contribution in [3.05, 3.63) is 0 Å². The van der Waals surface area contributed by atoms with Crippen LogP contribution < -0.4 is 0 Å². The molecule has 51 heavy (non-hydrogen) atoms. The summed E-state index contributed by atoms with van der Waals surface area (Å²) in [6, 6.07) is 0. The smallest absolute Gasteiger partial charge is 0.305 e. The first-order chi connectivity index (χ1) is 24.8. The first-order valence-corrected chi connectivity index (χ1v) is 22.4. The molecule has 6 nitrogen and oxygen atoms in total. The van der Waals surface area contributed by atoms with Crippen molar-refractivity contribution in [1.82, 2.24) is 4.90 Å². The second-order valence-electron chi connectivity index (χ2n) is 16.5. The largest absolute Gasteiger partial charge is 0.466 e. The Hall–Kier alpha value is -1.14. The van der Waals surface area contributed by atoms with E-state index in [2.05, 4.69) is 39.5 Å². The second-order valence-corrected chi connectivity index (χ2v) is 16.5. The van der Waals surface area contributed by atoms with Crippen molar-refractivity contribution in [2.45, 2.75) is 227 Å². The van der Waals surface area contributed by atoms with Crippen LogP contribution in [0.25, 0.3) is 0 Å². The Morgan fingerprint density at radius 1 is 0.529 bits per heavy atom. The average molecular weight is 724 g/mol. The van der Waals surface area contributed by atoms with Gasteiger partial charge in [-0.25, -0.2) is 0 Å². The van der Waals surface area contributed by atoms with Gasteiger partial charge in [0.25, 0.3) is 0 Å². The lowest BCUT2D eigenvalue weighted by molar-refractivity contribution is -0.145. The Morgan fingerprint density at radius 2 is 0.961 bits per heavy atom. The molecular formula is C45H89NO5. The third-order valence-corrected chi connectivity index (χ3v) is 10.8. The van der Waals surface area contributed by atoms with E-state index in [4.69, 9.17) is 9.47 Å². The van der Waals surface area contributed by atoms with Crippen LogP contribution in [0, 0.1) is 11.3 Å². The summed E-state index contributed by atoms with van der Waals surface area (Å²) < 4.78 is 11.3. The number of unbranched alkanes of at least 4 members (excludes halogenated alkanes) is 18. The number of rotatable bonds is 40. The van der Waals surface area contributed by atoms with Crippen LogP contribution in [0.15, 0.2) is 0 Å². The van der Waals surface area contributed by atoms with Gasteiger partial charge in [0.2, 0.25) is 0 Å². The number of aliphatic hydroxyl groups is 1. The molecule has 0 amide bonds. The van der Waals surface area contributed by atoms with Crippen LogP contribution in [-0.2, 0) is 19.1 Å². The van der Waals surface area contributed by atoms with Gasteiger partial charge in [0, 0.05) is 19.4 Å². The van der Waals surface area contributed by atoms with Gasteiger partial charge in [-0.1, -0.05) is 157 Å². The summed E-state index contributed by atoms with van der Waals surface area (Å²) in [5, 5.41) is 9.62. The lowest BCUT2D eigenvalue weighted by atomic mass is 9.83. The molecule has 0 aliphatic carbocycles. The topological polar surface area (TPSA) is 76.1 Å². The van der Waals surface area contributed by atoms with Crippen LogP contribution in [-0.4, -0.2) is 61.4 Å². The molecule has 0 heterocycles. The summed E-state index contributed by atoms with van der Waals surface area (Å²) in [5.74, 6) is 0.495. The number of nitrogens with zero attached hydrogens (tertiary/aromatic N) is 1. The molecule has 0 radical (unpaired) electrons. The molecule has 0 saturated carbocycles. The Labute approximate surface area is 318 Å². The number of hydrogen-bond acceptors (Lipinski definition) is 6. The predicted molar refractivity (Wildman–Crippen MR) is 218 cm³/mol. The summed E-state index contributed by atoms with van der Waals surface area (Å²) in [4.78, 5) is 27.0. The van der Waals surface area contributed by atoms with Crippen molar-refractivity contribution < 1.29 is 24.2 Å². The standard InChI is InChI=1S/C45H89NO5/c1-6-9-12-15-16-20-25-32-43(48)50-40-29-35-45(4,5)34-28-37-46(38-39-47)36-27-22-17-21-26-33-44(49)51-41-42(30-23-18-13-10-7-2)31-24-19-14-11-8-3/h42,47H,6-41H2,1-5H3. The molecule has 0 aliphatic heterocycles. The van der Waals surface area contributed by atoms with Crippen LogP contribution >= 0.6 is 0 Å². The van der Waals surface area contributed by atoms with Gasteiger partial charge >= 0.3 is 11.9 Å². The molecule has 1 N–H and O–H groups in total. The first kappa shape index (κ1) is 49.9. The second kappa shape index (κ2) is 37.2. The fourth-order valence-corrected chi connectivity index (χ4v) is 7.22. The Balaban J connectivity index is 4.06. The van der Waals surface area contributed by atoms with Crippen molar-refractivity contribution in [2.24, 2.45) is 11.3 Å². The van der Waals surface area contributed by atoms with Gasteiger partial charge in [0.05, 0.1) is 19.8 Å². The SMILES string of the molecule is CCCCCCCCCC(=O)OCCCC(C)(C)CCCN(CCO)CCCCCCCC(=O)OCC(CCCCCCC)CCCCCCC. The van der Waals surface area contributed by atoms with E-state index in [0.717, 1.165) is 90.3 Å². The summed E-state index contributed by atoms with van der Waals surface area (Å²) in [6.07, 6.45) is 34.8. The number of carbonyl (C=O) groups excluding carboxylic acids is 2. The van der Waals surface area contributed by atoms with E-state index in [-0.39, 0.29) is 24.0 Å². The predicted octanol–water partition coefficient (Wildman–Crippen LogP) is 12.8. The molecule has 0 fully saturated rings. The van der Waals surface area contributed by atoms with E-state index in [1.807, 2.05) is 0 Å². The highest BCUT2D eigenvalue weighted by Gasteiger charge is 2.18. The Bertz CT molecular complexity index is 743.